The van der Waals surface area contributed by atoms with Crippen LogP contribution in [0.1, 0.15) is 30.8 Å². The van der Waals surface area contributed by atoms with Crippen LogP contribution in [0.15, 0.2) is 47.1 Å². The Kier molecular flexibility index (Phi) is 5.40. The number of aryl methyl sites for hydroxylation is 1. The first kappa shape index (κ1) is 17.1. The number of benzene rings is 1. The predicted molar refractivity (Wildman–Crippen MR) is 96.0 cm³/mol. The van der Waals surface area contributed by atoms with Crippen LogP contribution in [0.4, 0.5) is 5.82 Å². The number of nitrogens with one attached hydrogen (secondary N) is 1. The van der Waals surface area contributed by atoms with Gasteiger partial charge < -0.3 is 14.6 Å². The summed E-state index contributed by atoms with van der Waals surface area (Å²) in [6.45, 7) is 7.15. The van der Waals surface area contributed by atoms with Crippen molar-refractivity contribution < 1.29 is 9.26 Å². The van der Waals surface area contributed by atoms with Crippen molar-refractivity contribution in [2.45, 2.75) is 40.0 Å². The van der Waals surface area contributed by atoms with Gasteiger partial charge in [-0.05, 0) is 44.0 Å². The van der Waals surface area contributed by atoms with Gasteiger partial charge in [0.2, 0.25) is 0 Å². The van der Waals surface area contributed by atoms with Crippen LogP contribution in [-0.2, 0) is 17.9 Å². The molecule has 0 saturated heterocycles. The summed E-state index contributed by atoms with van der Waals surface area (Å²) in [5.74, 6) is 1.79. The first-order valence-electron chi connectivity index (χ1n) is 8.31. The largest absolute Gasteiger partial charge is 0.374 e. The van der Waals surface area contributed by atoms with Crippen LogP contribution < -0.4 is 5.32 Å². The van der Waals surface area contributed by atoms with E-state index in [1.165, 1.54) is 0 Å². The first-order chi connectivity index (χ1) is 12.1. The molecule has 1 N–H and O–H groups in total. The Morgan fingerprint density at radius 3 is 2.56 bits per heavy atom. The lowest BCUT2D eigenvalue weighted by atomic mass is 10.1. The highest BCUT2D eigenvalue weighted by Crippen LogP contribution is 2.24. The minimum atomic E-state index is 0.234. The molecule has 0 aliphatic rings. The van der Waals surface area contributed by atoms with E-state index in [1.807, 2.05) is 26.0 Å². The molecule has 0 spiro atoms. The van der Waals surface area contributed by atoms with E-state index < -0.39 is 0 Å². The summed E-state index contributed by atoms with van der Waals surface area (Å²) in [6, 6.07) is 12.1. The van der Waals surface area contributed by atoms with E-state index in [-0.39, 0.29) is 6.10 Å². The fourth-order valence-electron chi connectivity index (χ4n) is 2.33. The molecule has 130 valence electrons. The van der Waals surface area contributed by atoms with Crippen LogP contribution in [0.25, 0.3) is 11.5 Å². The number of pyridine rings is 1. The third kappa shape index (κ3) is 4.64. The Labute approximate surface area is 147 Å². The van der Waals surface area contributed by atoms with Gasteiger partial charge in [-0.1, -0.05) is 29.4 Å². The van der Waals surface area contributed by atoms with Crippen LogP contribution in [0.5, 0.6) is 0 Å². The van der Waals surface area contributed by atoms with Crippen LogP contribution in [-0.4, -0.2) is 21.2 Å². The number of anilines is 1. The summed E-state index contributed by atoms with van der Waals surface area (Å²) in [4.78, 5) is 8.66. The zero-order chi connectivity index (χ0) is 17.6. The van der Waals surface area contributed by atoms with Crippen molar-refractivity contribution in [3.8, 4) is 11.5 Å². The monoisotopic (exact) mass is 338 g/mol. The van der Waals surface area contributed by atoms with Crippen LogP contribution in [0, 0.1) is 6.92 Å². The van der Waals surface area contributed by atoms with E-state index in [0.29, 0.717) is 24.9 Å². The third-order valence-corrected chi connectivity index (χ3v) is 3.63. The number of aromatic nitrogens is 3. The van der Waals surface area contributed by atoms with Crippen molar-refractivity contribution in [3.63, 3.8) is 0 Å². The van der Waals surface area contributed by atoms with Crippen LogP contribution >= 0.6 is 0 Å². The van der Waals surface area contributed by atoms with Gasteiger partial charge in [0.25, 0.3) is 5.89 Å². The average molecular weight is 338 g/mol. The van der Waals surface area contributed by atoms with E-state index in [0.717, 1.165) is 22.5 Å². The number of ether oxygens (including phenoxy) is 1. The fraction of sp³-hybridized carbons (Fsp3) is 0.316. The summed E-state index contributed by atoms with van der Waals surface area (Å²) >= 11 is 0. The highest BCUT2D eigenvalue weighted by molar-refractivity contribution is 5.68. The molecule has 6 heteroatoms. The topological polar surface area (TPSA) is 73.1 Å². The molecule has 0 aliphatic carbocycles. The van der Waals surface area contributed by atoms with Gasteiger partial charge in [-0.25, -0.2) is 4.98 Å². The lowest BCUT2D eigenvalue weighted by Gasteiger charge is -2.10. The Hall–Kier alpha value is -2.73. The molecule has 2 heterocycles. The minimum absolute atomic E-state index is 0.234. The van der Waals surface area contributed by atoms with E-state index in [2.05, 4.69) is 44.7 Å². The van der Waals surface area contributed by atoms with Crippen LogP contribution in [0.2, 0.25) is 0 Å². The number of nitrogens with zero attached hydrogens (tertiary/aromatic N) is 3. The van der Waals surface area contributed by atoms with Gasteiger partial charge in [0.15, 0.2) is 5.82 Å². The van der Waals surface area contributed by atoms with Crippen molar-refractivity contribution in [3.05, 3.63) is 59.5 Å². The molecule has 0 bridgehead atoms. The zero-order valence-electron chi connectivity index (χ0n) is 14.7. The van der Waals surface area contributed by atoms with Crippen molar-refractivity contribution in [1.29, 1.82) is 0 Å². The SMILES string of the molecule is Cc1noc(-c2cccnc2NCc2ccc(COC(C)C)cc2)n1. The van der Waals surface area contributed by atoms with E-state index in [9.17, 15) is 0 Å². The maximum atomic E-state index is 5.61. The van der Waals surface area contributed by atoms with E-state index in [4.69, 9.17) is 9.26 Å². The number of hydrogen-bond donors (Lipinski definition) is 1. The second-order valence-electron chi connectivity index (χ2n) is 6.08. The molecule has 0 amide bonds. The normalized spacial score (nSPS) is 11.0. The standard InChI is InChI=1S/C19H22N4O2/c1-13(2)24-12-16-8-6-15(7-9-16)11-21-18-17(5-4-10-20-18)19-22-14(3)23-25-19/h4-10,13H,11-12H2,1-3H3,(H,20,21). The molecular weight excluding hydrogens is 316 g/mol. The second-order valence-corrected chi connectivity index (χ2v) is 6.08. The number of hydrogen-bond acceptors (Lipinski definition) is 6. The summed E-state index contributed by atoms with van der Waals surface area (Å²) in [6.07, 6.45) is 1.97. The molecule has 25 heavy (non-hydrogen) atoms. The molecule has 0 aliphatic heterocycles. The van der Waals surface area contributed by atoms with Crippen LogP contribution in [0.3, 0.4) is 0 Å². The highest BCUT2D eigenvalue weighted by atomic mass is 16.5. The lowest BCUT2D eigenvalue weighted by molar-refractivity contribution is 0.0657. The maximum absolute atomic E-state index is 5.61. The molecule has 0 unspecified atom stereocenters. The van der Waals surface area contributed by atoms with Gasteiger partial charge in [0, 0.05) is 12.7 Å². The van der Waals surface area contributed by atoms with Crippen molar-refractivity contribution in [1.82, 2.24) is 15.1 Å². The molecule has 3 aromatic rings. The summed E-state index contributed by atoms with van der Waals surface area (Å²) in [5, 5.41) is 7.18. The maximum Gasteiger partial charge on any atom is 0.261 e. The summed E-state index contributed by atoms with van der Waals surface area (Å²) in [7, 11) is 0. The number of rotatable bonds is 7. The first-order valence-corrected chi connectivity index (χ1v) is 8.31. The summed E-state index contributed by atoms with van der Waals surface area (Å²) in [5.41, 5.74) is 3.12. The zero-order valence-corrected chi connectivity index (χ0v) is 14.7. The van der Waals surface area contributed by atoms with Gasteiger partial charge in [0.1, 0.15) is 5.82 Å². The van der Waals surface area contributed by atoms with Gasteiger partial charge >= 0.3 is 0 Å². The van der Waals surface area contributed by atoms with Crippen molar-refractivity contribution in [2.75, 3.05) is 5.32 Å². The molecule has 0 fully saturated rings. The minimum Gasteiger partial charge on any atom is -0.374 e. The van der Waals surface area contributed by atoms with E-state index in [1.54, 1.807) is 13.1 Å². The van der Waals surface area contributed by atoms with Gasteiger partial charge in [0.05, 0.1) is 18.3 Å². The molecular formula is C19H22N4O2. The van der Waals surface area contributed by atoms with E-state index >= 15 is 0 Å². The quantitative estimate of drug-likeness (QED) is 0.702. The average Bonchev–Trinajstić information content (AvgIpc) is 3.05. The molecule has 6 nitrogen and oxygen atoms in total. The third-order valence-electron chi connectivity index (χ3n) is 3.63. The predicted octanol–water partition coefficient (Wildman–Crippen LogP) is 3.98. The van der Waals surface area contributed by atoms with Crippen molar-refractivity contribution >= 4 is 5.82 Å². The Morgan fingerprint density at radius 2 is 1.88 bits per heavy atom. The molecule has 2 aromatic heterocycles. The summed E-state index contributed by atoms with van der Waals surface area (Å²) < 4.78 is 10.9. The Morgan fingerprint density at radius 1 is 1.12 bits per heavy atom. The molecule has 0 radical (unpaired) electrons. The Balaban J connectivity index is 1.66. The van der Waals surface area contributed by atoms with Gasteiger partial charge in [-0.3, -0.25) is 0 Å². The smallest absolute Gasteiger partial charge is 0.261 e. The Bertz CT molecular complexity index is 812. The fourth-order valence-corrected chi connectivity index (χ4v) is 2.33. The van der Waals surface area contributed by atoms with Crippen molar-refractivity contribution in [2.24, 2.45) is 0 Å². The van der Waals surface area contributed by atoms with Gasteiger partial charge in [-0.15, -0.1) is 0 Å². The highest BCUT2D eigenvalue weighted by Gasteiger charge is 2.12. The molecule has 0 saturated carbocycles. The molecule has 3 rings (SSSR count). The second kappa shape index (κ2) is 7.90. The van der Waals surface area contributed by atoms with Gasteiger partial charge in [-0.2, -0.15) is 4.98 Å². The molecule has 1 aromatic carbocycles. The molecule has 0 atom stereocenters. The lowest BCUT2D eigenvalue weighted by Crippen LogP contribution is -2.04.